The normalized spacial score (nSPS) is 20.1. The number of esters is 4. The second-order valence-corrected chi connectivity index (χ2v) is 10.3. The lowest BCUT2D eigenvalue weighted by molar-refractivity contribution is -0.279. The molecule has 0 spiro atoms. The second kappa shape index (κ2) is 19.5. The number of nitrogens with one attached hydrogen (secondary N) is 2. The number of rotatable bonds is 17. The molecule has 2 rings (SSSR count). The van der Waals surface area contributed by atoms with Gasteiger partial charge in [0.2, 0.25) is 46.6 Å². The highest BCUT2D eigenvalue weighted by molar-refractivity contribution is 5.77. The predicted molar refractivity (Wildman–Crippen MR) is 150 cm³/mol. The molecule has 2 N–H and O–H groups in total. The van der Waals surface area contributed by atoms with E-state index in [2.05, 4.69) is 15.4 Å². The van der Waals surface area contributed by atoms with E-state index in [1.807, 2.05) is 0 Å². The Hall–Kier alpha value is -4.43. The van der Waals surface area contributed by atoms with Gasteiger partial charge in [0.25, 0.3) is 0 Å². The van der Waals surface area contributed by atoms with Crippen molar-refractivity contribution in [1.29, 1.82) is 0 Å². The molecule has 1 fully saturated rings. The molecule has 274 valence electrons. The highest BCUT2D eigenvalue weighted by atomic mass is 19.2. The number of ether oxygens (including phenoxy) is 7. The molecule has 0 radical (unpaired) electrons. The lowest BCUT2D eigenvalue weighted by Gasteiger charge is -2.44. The molecule has 1 aliphatic heterocycles. The fourth-order valence-electron chi connectivity index (χ4n) is 4.34. The van der Waals surface area contributed by atoms with Gasteiger partial charge < -0.3 is 43.8 Å². The first kappa shape index (κ1) is 40.7. The smallest absolute Gasteiger partial charge is 0.311 e. The molecule has 20 heteroatoms. The number of carbonyl (C=O) groups excluding carboxylic acids is 6. The zero-order valence-corrected chi connectivity index (χ0v) is 26.7. The highest BCUT2D eigenvalue weighted by Gasteiger charge is 2.51. The molecular formula is C29H35F5N2O13. The molecule has 5 atom stereocenters. The van der Waals surface area contributed by atoms with Crippen molar-refractivity contribution in [2.75, 3.05) is 33.0 Å². The van der Waals surface area contributed by atoms with Crippen LogP contribution in [0.5, 0.6) is 5.75 Å². The van der Waals surface area contributed by atoms with E-state index in [0.29, 0.717) is 0 Å². The minimum atomic E-state index is -2.41. The highest BCUT2D eigenvalue weighted by Crippen LogP contribution is 2.30. The van der Waals surface area contributed by atoms with E-state index in [1.54, 1.807) is 0 Å². The largest absolute Gasteiger partial charge is 0.463 e. The van der Waals surface area contributed by atoms with Gasteiger partial charge in [-0.25, -0.2) is 13.2 Å². The Bertz CT molecular complexity index is 1350. The quantitative estimate of drug-likeness (QED) is 0.0447. The fourth-order valence-corrected chi connectivity index (χ4v) is 4.34. The standard InChI is InChI=1S/C29H35F5N2O13/c1-13(37)36-25-28(47-16(4)40)26(46-15(3)39)17(12-45-14(2)38)48-29(25)44-11-10-43-9-8-35-18(41)6-5-7-19(42)49-27-23(33)21(31)20(30)22(32)24(27)34/h17,25-26,28-29H,5-12H2,1-4H3,(H,35,41)(H,36,37)/t17-,25-,26+,28-,29-/m1/s1. The topological polar surface area (TPSA) is 191 Å². The maximum Gasteiger partial charge on any atom is 0.311 e. The summed E-state index contributed by atoms with van der Waals surface area (Å²) >= 11 is 0. The van der Waals surface area contributed by atoms with Crippen LogP contribution in [-0.4, -0.2) is 99.3 Å². The molecule has 0 aliphatic carbocycles. The van der Waals surface area contributed by atoms with Gasteiger partial charge in [-0.2, -0.15) is 8.78 Å². The number of amides is 2. The first-order valence-electron chi connectivity index (χ1n) is 14.6. The summed E-state index contributed by atoms with van der Waals surface area (Å²) in [7, 11) is 0. The summed E-state index contributed by atoms with van der Waals surface area (Å²) in [5.41, 5.74) is 0. The van der Waals surface area contributed by atoms with E-state index in [9.17, 15) is 50.7 Å². The van der Waals surface area contributed by atoms with Crippen molar-refractivity contribution in [1.82, 2.24) is 10.6 Å². The lowest BCUT2D eigenvalue weighted by atomic mass is 9.96. The molecule has 1 aromatic carbocycles. The molecule has 1 aliphatic rings. The van der Waals surface area contributed by atoms with E-state index in [4.69, 9.17) is 28.4 Å². The average molecular weight is 715 g/mol. The monoisotopic (exact) mass is 714 g/mol. The summed E-state index contributed by atoms with van der Waals surface area (Å²) in [6.45, 7) is 3.81. The Balaban J connectivity index is 1.83. The van der Waals surface area contributed by atoms with Crippen LogP contribution in [0.4, 0.5) is 22.0 Å². The zero-order chi connectivity index (χ0) is 36.8. The van der Waals surface area contributed by atoms with Crippen molar-refractivity contribution < 1.29 is 83.9 Å². The first-order chi connectivity index (χ1) is 23.0. The third-order valence-corrected chi connectivity index (χ3v) is 6.32. The van der Waals surface area contributed by atoms with Crippen LogP contribution in [0.3, 0.4) is 0 Å². The SMILES string of the molecule is CC(=O)N[C@H]1[C@H](OCCOCCNC(=O)CCCC(=O)Oc2c(F)c(F)c(F)c(F)c2F)O[C@H](COC(C)=O)[C@H](OC(C)=O)[C@@H]1OC(C)=O. The molecule has 1 saturated heterocycles. The Labute approximate surface area is 276 Å². The van der Waals surface area contributed by atoms with Gasteiger partial charge in [-0.05, 0) is 6.42 Å². The Morgan fingerprint density at radius 3 is 1.90 bits per heavy atom. The maximum absolute atomic E-state index is 13.6. The minimum Gasteiger partial charge on any atom is -0.463 e. The number of halogens is 5. The third kappa shape index (κ3) is 12.8. The first-order valence-corrected chi connectivity index (χ1v) is 14.6. The van der Waals surface area contributed by atoms with Crippen LogP contribution < -0.4 is 15.4 Å². The molecule has 0 bridgehead atoms. The van der Waals surface area contributed by atoms with Gasteiger partial charge in [0.05, 0.1) is 19.8 Å². The Morgan fingerprint density at radius 2 is 1.33 bits per heavy atom. The Morgan fingerprint density at radius 1 is 0.735 bits per heavy atom. The molecule has 0 unspecified atom stereocenters. The Kier molecular flexibility index (Phi) is 16.2. The fraction of sp³-hybridized carbons (Fsp3) is 0.586. The maximum atomic E-state index is 13.6. The zero-order valence-electron chi connectivity index (χ0n) is 26.7. The van der Waals surface area contributed by atoms with Gasteiger partial charge in [-0.1, -0.05) is 0 Å². The summed E-state index contributed by atoms with van der Waals surface area (Å²) in [5, 5.41) is 5.00. The summed E-state index contributed by atoms with van der Waals surface area (Å²) in [6, 6.07) is -1.17. The van der Waals surface area contributed by atoms with Gasteiger partial charge in [0.1, 0.15) is 18.8 Å². The third-order valence-electron chi connectivity index (χ3n) is 6.32. The van der Waals surface area contributed by atoms with E-state index >= 15 is 0 Å². The van der Waals surface area contributed by atoms with E-state index in [-0.39, 0.29) is 39.2 Å². The van der Waals surface area contributed by atoms with Gasteiger partial charge in [-0.3, -0.25) is 28.8 Å². The molecule has 49 heavy (non-hydrogen) atoms. The van der Waals surface area contributed by atoms with E-state index in [0.717, 1.165) is 20.8 Å². The summed E-state index contributed by atoms with van der Waals surface area (Å²) in [6.07, 6.45) is -6.09. The molecule has 2 amide bonds. The molecule has 1 heterocycles. The molecule has 15 nitrogen and oxygen atoms in total. The van der Waals surface area contributed by atoms with Gasteiger partial charge in [0.15, 0.2) is 18.5 Å². The van der Waals surface area contributed by atoms with Crippen molar-refractivity contribution in [2.24, 2.45) is 0 Å². The van der Waals surface area contributed by atoms with Crippen LogP contribution in [0, 0.1) is 29.1 Å². The van der Waals surface area contributed by atoms with Crippen molar-refractivity contribution in [3.05, 3.63) is 29.1 Å². The van der Waals surface area contributed by atoms with Crippen LogP contribution in [0.15, 0.2) is 0 Å². The summed E-state index contributed by atoms with van der Waals surface area (Å²) in [4.78, 5) is 70.9. The van der Waals surface area contributed by atoms with Crippen LogP contribution in [-0.2, 0) is 57.2 Å². The lowest BCUT2D eigenvalue weighted by Crippen LogP contribution is -2.66. The predicted octanol–water partition coefficient (Wildman–Crippen LogP) is 1.26. The molecular weight excluding hydrogens is 679 g/mol. The average Bonchev–Trinajstić information content (AvgIpc) is 3.01. The van der Waals surface area contributed by atoms with Crippen molar-refractivity contribution in [3.63, 3.8) is 0 Å². The number of hydrogen-bond donors (Lipinski definition) is 2. The molecule has 0 saturated carbocycles. The molecule has 0 aromatic heterocycles. The van der Waals surface area contributed by atoms with E-state index < -0.39 is 114 Å². The number of carbonyl (C=O) groups is 6. The van der Waals surface area contributed by atoms with Crippen molar-refractivity contribution in [3.8, 4) is 5.75 Å². The van der Waals surface area contributed by atoms with Gasteiger partial charge in [-0.15, -0.1) is 0 Å². The van der Waals surface area contributed by atoms with Crippen molar-refractivity contribution >= 4 is 35.7 Å². The minimum absolute atomic E-state index is 0.00860. The molecule has 1 aromatic rings. The van der Waals surface area contributed by atoms with Crippen LogP contribution in [0.25, 0.3) is 0 Å². The van der Waals surface area contributed by atoms with Crippen LogP contribution in [0.1, 0.15) is 47.0 Å². The van der Waals surface area contributed by atoms with Crippen LogP contribution >= 0.6 is 0 Å². The second-order valence-electron chi connectivity index (χ2n) is 10.3. The summed E-state index contributed by atoms with van der Waals surface area (Å²) in [5.74, 6) is -18.0. The van der Waals surface area contributed by atoms with Gasteiger partial charge in [0, 0.05) is 47.1 Å². The van der Waals surface area contributed by atoms with Crippen molar-refractivity contribution in [2.45, 2.75) is 77.6 Å². The number of benzene rings is 1. The number of hydrogen-bond acceptors (Lipinski definition) is 13. The van der Waals surface area contributed by atoms with Gasteiger partial charge >= 0.3 is 23.9 Å². The van der Waals surface area contributed by atoms with E-state index in [1.165, 1.54) is 6.92 Å². The van der Waals surface area contributed by atoms with Crippen LogP contribution in [0.2, 0.25) is 0 Å². The summed E-state index contributed by atoms with van der Waals surface area (Å²) < 4.78 is 104.